The lowest BCUT2D eigenvalue weighted by Gasteiger charge is -2.33. The fraction of sp³-hybridized carbons (Fsp3) is 0.417. The van der Waals surface area contributed by atoms with E-state index < -0.39 is 0 Å². The van der Waals surface area contributed by atoms with E-state index in [2.05, 4.69) is 75.6 Å². The maximum absolute atomic E-state index is 12.7. The van der Waals surface area contributed by atoms with Crippen molar-refractivity contribution in [3.8, 4) is 5.69 Å². The van der Waals surface area contributed by atoms with E-state index in [4.69, 9.17) is 4.98 Å². The van der Waals surface area contributed by atoms with Crippen LogP contribution in [-0.2, 0) is 11.3 Å². The summed E-state index contributed by atoms with van der Waals surface area (Å²) in [5.74, 6) is 1.52. The van der Waals surface area contributed by atoms with Gasteiger partial charge in [-0.15, -0.1) is 0 Å². The highest BCUT2D eigenvalue weighted by molar-refractivity contribution is 9.10. The van der Waals surface area contributed by atoms with Crippen molar-refractivity contribution in [2.75, 3.05) is 26.2 Å². The van der Waals surface area contributed by atoms with Crippen molar-refractivity contribution in [2.45, 2.75) is 33.2 Å². The molecule has 0 bridgehead atoms. The average Bonchev–Trinajstić information content (AvgIpc) is 3.13. The number of amides is 1. The molecule has 1 saturated heterocycles. The van der Waals surface area contributed by atoms with E-state index in [0.717, 1.165) is 72.6 Å². The number of aromatic nitrogens is 2. The number of hydrogen-bond donors (Lipinski definition) is 0. The fourth-order valence-corrected chi connectivity index (χ4v) is 4.80. The maximum Gasteiger partial charge on any atom is 0.225 e. The molecule has 1 aromatic heterocycles. The Morgan fingerprint density at radius 1 is 1.10 bits per heavy atom. The second-order valence-electron chi connectivity index (χ2n) is 7.89. The molecule has 6 heteroatoms. The van der Waals surface area contributed by atoms with Crippen LogP contribution < -0.4 is 0 Å². The lowest BCUT2D eigenvalue weighted by atomic mass is 9.95. The zero-order chi connectivity index (χ0) is 21.1. The van der Waals surface area contributed by atoms with Crippen molar-refractivity contribution >= 4 is 32.9 Å². The molecule has 30 heavy (non-hydrogen) atoms. The minimum Gasteiger partial charge on any atom is -0.343 e. The summed E-state index contributed by atoms with van der Waals surface area (Å²) in [6.45, 7) is 8.36. The predicted molar refractivity (Wildman–Crippen MR) is 125 cm³/mol. The highest BCUT2D eigenvalue weighted by Crippen LogP contribution is 2.26. The summed E-state index contributed by atoms with van der Waals surface area (Å²) in [4.78, 5) is 22.1. The van der Waals surface area contributed by atoms with Crippen molar-refractivity contribution < 1.29 is 4.79 Å². The average molecular weight is 469 g/mol. The summed E-state index contributed by atoms with van der Waals surface area (Å²) in [6.07, 6.45) is 1.85. The number of halogens is 1. The molecule has 0 unspecified atom stereocenters. The molecule has 0 atom stereocenters. The number of carbonyl (C=O) groups excluding carboxylic acids is 1. The molecule has 0 saturated carbocycles. The quantitative estimate of drug-likeness (QED) is 0.518. The van der Waals surface area contributed by atoms with E-state index >= 15 is 0 Å². The molecule has 1 aliphatic rings. The molecule has 0 radical (unpaired) electrons. The summed E-state index contributed by atoms with van der Waals surface area (Å²) in [6, 6.07) is 16.7. The van der Waals surface area contributed by atoms with Crippen molar-refractivity contribution in [2.24, 2.45) is 5.92 Å². The van der Waals surface area contributed by atoms with Crippen LogP contribution in [0.15, 0.2) is 53.0 Å². The lowest BCUT2D eigenvalue weighted by molar-refractivity contribution is -0.136. The Balaban J connectivity index is 1.54. The van der Waals surface area contributed by atoms with Gasteiger partial charge in [-0.25, -0.2) is 4.98 Å². The van der Waals surface area contributed by atoms with Crippen molar-refractivity contribution in [3.05, 3.63) is 58.8 Å². The highest BCUT2D eigenvalue weighted by atomic mass is 79.9. The van der Waals surface area contributed by atoms with E-state index in [9.17, 15) is 4.79 Å². The molecule has 3 aromatic rings. The molecule has 158 valence electrons. The van der Waals surface area contributed by atoms with Crippen LogP contribution in [0.5, 0.6) is 0 Å². The summed E-state index contributed by atoms with van der Waals surface area (Å²) < 4.78 is 3.31. The standard InChI is InChI=1S/C24H29BrN4O/c1-3-28(4-2)24(30)18-12-14-27(15-13-18)17-23-26-21-10-5-6-11-22(21)29(23)20-9-7-8-19(25)16-20/h5-11,16,18H,3-4,12-15,17H2,1-2H3. The molecular weight excluding hydrogens is 440 g/mol. The molecular formula is C24H29BrN4O. The van der Waals surface area contributed by atoms with Crippen LogP contribution in [0.4, 0.5) is 0 Å². The molecule has 5 nitrogen and oxygen atoms in total. The fourth-order valence-electron chi connectivity index (χ4n) is 4.42. The monoisotopic (exact) mass is 468 g/mol. The van der Waals surface area contributed by atoms with Crippen molar-refractivity contribution in [3.63, 3.8) is 0 Å². The van der Waals surface area contributed by atoms with Crippen LogP contribution in [-0.4, -0.2) is 51.4 Å². The van der Waals surface area contributed by atoms with Gasteiger partial charge in [0.2, 0.25) is 5.91 Å². The minimum atomic E-state index is 0.157. The third-order valence-corrected chi connectivity index (χ3v) is 6.57. The van der Waals surface area contributed by atoms with Gasteiger partial charge in [0.25, 0.3) is 0 Å². The SMILES string of the molecule is CCN(CC)C(=O)C1CCN(Cc2nc3ccccc3n2-c2cccc(Br)c2)CC1. The Hall–Kier alpha value is -2.18. The summed E-state index contributed by atoms with van der Waals surface area (Å²) in [7, 11) is 0. The number of imidazole rings is 1. The first kappa shape index (κ1) is 21.1. The second-order valence-corrected chi connectivity index (χ2v) is 8.81. The normalized spacial score (nSPS) is 15.6. The van der Waals surface area contributed by atoms with Gasteiger partial charge in [0.15, 0.2) is 0 Å². The largest absolute Gasteiger partial charge is 0.343 e. The first-order valence-corrected chi connectivity index (χ1v) is 11.6. The number of para-hydroxylation sites is 2. The van der Waals surface area contributed by atoms with Crippen molar-refractivity contribution in [1.82, 2.24) is 19.4 Å². The van der Waals surface area contributed by atoms with Gasteiger partial charge in [-0.3, -0.25) is 14.3 Å². The van der Waals surface area contributed by atoms with Gasteiger partial charge in [0.05, 0.1) is 17.6 Å². The van der Waals surface area contributed by atoms with E-state index in [1.165, 1.54) is 0 Å². The number of likely N-dealkylation sites (tertiary alicyclic amines) is 1. The number of benzene rings is 2. The van der Waals surface area contributed by atoms with E-state index in [-0.39, 0.29) is 5.92 Å². The minimum absolute atomic E-state index is 0.157. The molecule has 2 aromatic carbocycles. The Labute approximate surface area is 186 Å². The Bertz CT molecular complexity index is 1020. The zero-order valence-corrected chi connectivity index (χ0v) is 19.3. The van der Waals surface area contributed by atoms with Gasteiger partial charge >= 0.3 is 0 Å². The molecule has 0 spiro atoms. The topological polar surface area (TPSA) is 41.4 Å². The zero-order valence-electron chi connectivity index (χ0n) is 17.7. The van der Waals surface area contributed by atoms with Gasteiger partial charge < -0.3 is 4.90 Å². The molecule has 1 fully saturated rings. The first-order chi connectivity index (χ1) is 14.6. The molecule has 1 amide bonds. The molecule has 0 aliphatic carbocycles. The Kier molecular flexibility index (Phi) is 6.54. The number of piperidine rings is 1. The van der Waals surface area contributed by atoms with Gasteiger partial charge in [-0.1, -0.05) is 34.1 Å². The van der Waals surface area contributed by atoms with E-state index in [1.807, 2.05) is 17.0 Å². The molecule has 2 heterocycles. The summed E-state index contributed by atoms with van der Waals surface area (Å²) >= 11 is 3.60. The maximum atomic E-state index is 12.7. The summed E-state index contributed by atoms with van der Waals surface area (Å²) in [5.41, 5.74) is 3.25. The van der Waals surface area contributed by atoms with Gasteiger partial charge in [0, 0.05) is 29.2 Å². The Morgan fingerprint density at radius 2 is 1.83 bits per heavy atom. The highest BCUT2D eigenvalue weighted by Gasteiger charge is 2.28. The first-order valence-electron chi connectivity index (χ1n) is 10.8. The number of fused-ring (bicyclic) bond motifs is 1. The van der Waals surface area contributed by atoms with Gasteiger partial charge in [0.1, 0.15) is 5.82 Å². The molecule has 4 rings (SSSR count). The van der Waals surface area contributed by atoms with Crippen LogP contribution in [0.1, 0.15) is 32.5 Å². The lowest BCUT2D eigenvalue weighted by Crippen LogP contribution is -2.42. The number of carbonyl (C=O) groups is 1. The van der Waals surface area contributed by atoms with Crippen LogP contribution in [0.2, 0.25) is 0 Å². The van der Waals surface area contributed by atoms with Crippen LogP contribution in [0.3, 0.4) is 0 Å². The molecule has 0 N–H and O–H groups in total. The van der Waals surface area contributed by atoms with Crippen molar-refractivity contribution in [1.29, 1.82) is 0 Å². The van der Waals surface area contributed by atoms with Gasteiger partial charge in [-0.05, 0) is 70.1 Å². The third kappa shape index (κ3) is 4.30. The number of hydrogen-bond acceptors (Lipinski definition) is 3. The number of nitrogens with zero attached hydrogens (tertiary/aromatic N) is 4. The van der Waals surface area contributed by atoms with E-state index in [0.29, 0.717) is 5.91 Å². The number of rotatable bonds is 6. The van der Waals surface area contributed by atoms with Crippen LogP contribution in [0, 0.1) is 5.92 Å². The Morgan fingerprint density at radius 3 is 2.53 bits per heavy atom. The van der Waals surface area contributed by atoms with Crippen LogP contribution in [0.25, 0.3) is 16.7 Å². The predicted octanol–water partition coefficient (Wildman–Crippen LogP) is 4.87. The van der Waals surface area contributed by atoms with E-state index in [1.54, 1.807) is 0 Å². The molecule has 1 aliphatic heterocycles. The second kappa shape index (κ2) is 9.31. The summed E-state index contributed by atoms with van der Waals surface area (Å²) in [5, 5.41) is 0. The van der Waals surface area contributed by atoms with Gasteiger partial charge in [-0.2, -0.15) is 0 Å². The third-order valence-electron chi connectivity index (χ3n) is 6.07. The van der Waals surface area contributed by atoms with Crippen LogP contribution >= 0.6 is 15.9 Å². The smallest absolute Gasteiger partial charge is 0.225 e.